The van der Waals surface area contributed by atoms with Crippen LogP contribution in [0.5, 0.6) is 0 Å². The van der Waals surface area contributed by atoms with E-state index in [1.165, 1.54) is 12.1 Å². The fourth-order valence-corrected chi connectivity index (χ4v) is 2.63. The molecule has 120 valence electrons. The van der Waals surface area contributed by atoms with Crippen LogP contribution in [0.1, 0.15) is 32.8 Å². The number of carbonyl (C=O) groups is 1. The zero-order chi connectivity index (χ0) is 16.5. The van der Waals surface area contributed by atoms with Gasteiger partial charge in [-0.3, -0.25) is 14.9 Å². The highest BCUT2D eigenvalue weighted by Gasteiger charge is 2.36. The van der Waals surface area contributed by atoms with Gasteiger partial charge < -0.3 is 15.3 Å². The lowest BCUT2D eigenvalue weighted by Crippen LogP contribution is -2.43. The van der Waals surface area contributed by atoms with Gasteiger partial charge in [-0.2, -0.15) is 0 Å². The topological polar surface area (TPSA) is 95.7 Å². The predicted octanol–water partition coefficient (Wildman–Crippen LogP) is 1.90. The first-order valence-corrected chi connectivity index (χ1v) is 7.17. The number of nitro benzene ring substituents is 1. The van der Waals surface area contributed by atoms with E-state index in [9.17, 15) is 20.0 Å². The molecule has 0 radical (unpaired) electrons. The van der Waals surface area contributed by atoms with Crippen LogP contribution >= 0.6 is 0 Å². The second-order valence-electron chi connectivity index (χ2n) is 6.49. The molecule has 0 aromatic heterocycles. The summed E-state index contributed by atoms with van der Waals surface area (Å²) in [7, 11) is 0. The number of hydrogen-bond donors (Lipinski definition) is 2. The number of carbonyl (C=O) groups excluding carboxylic acids is 1. The van der Waals surface area contributed by atoms with Crippen molar-refractivity contribution in [2.75, 3.05) is 11.9 Å². The summed E-state index contributed by atoms with van der Waals surface area (Å²) in [5.41, 5.74) is 0.598. The first kappa shape index (κ1) is 16.2. The van der Waals surface area contributed by atoms with Crippen LogP contribution in [0.2, 0.25) is 0 Å². The molecule has 1 aromatic rings. The molecule has 1 atom stereocenters. The first-order chi connectivity index (χ1) is 10.2. The Morgan fingerprint density at radius 3 is 2.64 bits per heavy atom. The lowest BCUT2D eigenvalue weighted by Gasteiger charge is -2.32. The standard InChI is InChI=1S/C15H21N3O4/c1-15(2,3)17-8-11(7-14(17)20)16-12-6-10(9-19)4-5-13(12)18(21)22/h4-6,11,16,19H,7-9H2,1-3H3. The highest BCUT2D eigenvalue weighted by molar-refractivity contribution is 5.81. The monoisotopic (exact) mass is 307 g/mol. The van der Waals surface area contributed by atoms with Crippen molar-refractivity contribution in [1.82, 2.24) is 4.90 Å². The molecule has 1 unspecified atom stereocenters. The van der Waals surface area contributed by atoms with Gasteiger partial charge in [0, 0.05) is 24.6 Å². The molecular weight excluding hydrogens is 286 g/mol. The number of nitro groups is 1. The first-order valence-electron chi connectivity index (χ1n) is 7.17. The van der Waals surface area contributed by atoms with E-state index in [1.807, 2.05) is 20.8 Å². The molecule has 1 heterocycles. The highest BCUT2D eigenvalue weighted by Crippen LogP contribution is 2.29. The minimum atomic E-state index is -0.470. The van der Waals surface area contributed by atoms with Crippen LogP contribution in [-0.2, 0) is 11.4 Å². The van der Waals surface area contributed by atoms with E-state index in [0.717, 1.165) is 0 Å². The number of likely N-dealkylation sites (tertiary alicyclic amines) is 1. The number of nitrogens with one attached hydrogen (secondary N) is 1. The summed E-state index contributed by atoms with van der Waals surface area (Å²) >= 11 is 0. The van der Waals surface area contributed by atoms with Gasteiger partial charge in [-0.1, -0.05) is 0 Å². The van der Waals surface area contributed by atoms with E-state index < -0.39 is 4.92 Å². The van der Waals surface area contributed by atoms with Crippen LogP contribution in [0.25, 0.3) is 0 Å². The Balaban J connectivity index is 2.21. The zero-order valence-corrected chi connectivity index (χ0v) is 13.0. The summed E-state index contributed by atoms with van der Waals surface area (Å²) < 4.78 is 0. The van der Waals surface area contributed by atoms with Crippen LogP contribution in [-0.4, -0.2) is 39.0 Å². The molecule has 2 rings (SSSR count). The molecule has 1 saturated heterocycles. The maximum Gasteiger partial charge on any atom is 0.292 e. The number of aliphatic hydroxyl groups is 1. The average Bonchev–Trinajstić information content (AvgIpc) is 2.79. The fraction of sp³-hybridized carbons (Fsp3) is 0.533. The van der Waals surface area contributed by atoms with E-state index in [4.69, 9.17) is 0 Å². The van der Waals surface area contributed by atoms with Crippen molar-refractivity contribution in [2.45, 2.75) is 45.4 Å². The molecule has 0 bridgehead atoms. The van der Waals surface area contributed by atoms with Crippen LogP contribution in [0.3, 0.4) is 0 Å². The van der Waals surface area contributed by atoms with E-state index >= 15 is 0 Å². The Morgan fingerprint density at radius 1 is 1.45 bits per heavy atom. The second-order valence-corrected chi connectivity index (χ2v) is 6.49. The highest BCUT2D eigenvalue weighted by atomic mass is 16.6. The quantitative estimate of drug-likeness (QED) is 0.654. The summed E-state index contributed by atoms with van der Waals surface area (Å²) in [6.07, 6.45) is 0.303. The van der Waals surface area contributed by atoms with E-state index in [1.54, 1.807) is 11.0 Å². The number of aliphatic hydroxyl groups excluding tert-OH is 1. The number of amides is 1. The normalized spacial score (nSPS) is 18.6. The summed E-state index contributed by atoms with van der Waals surface area (Å²) in [6, 6.07) is 4.26. The third-order valence-corrected chi connectivity index (χ3v) is 3.73. The Hall–Kier alpha value is -2.15. The fourth-order valence-electron chi connectivity index (χ4n) is 2.63. The molecule has 0 aliphatic carbocycles. The summed E-state index contributed by atoms with van der Waals surface area (Å²) in [5.74, 6) is 0.0333. The summed E-state index contributed by atoms with van der Waals surface area (Å²) in [5, 5.41) is 23.4. The van der Waals surface area contributed by atoms with Gasteiger partial charge >= 0.3 is 0 Å². The molecule has 7 nitrogen and oxygen atoms in total. The van der Waals surface area contributed by atoms with Crippen LogP contribution < -0.4 is 5.32 Å². The van der Waals surface area contributed by atoms with Crippen molar-refractivity contribution >= 4 is 17.3 Å². The van der Waals surface area contributed by atoms with Gasteiger partial charge in [0.05, 0.1) is 17.6 Å². The molecule has 22 heavy (non-hydrogen) atoms. The zero-order valence-electron chi connectivity index (χ0n) is 13.0. The molecule has 7 heteroatoms. The van der Waals surface area contributed by atoms with Crippen LogP contribution in [0.4, 0.5) is 11.4 Å². The Morgan fingerprint density at radius 2 is 2.14 bits per heavy atom. The number of hydrogen-bond acceptors (Lipinski definition) is 5. The molecule has 0 saturated carbocycles. The second kappa shape index (κ2) is 5.92. The van der Waals surface area contributed by atoms with Crippen molar-refractivity contribution in [3.63, 3.8) is 0 Å². The lowest BCUT2D eigenvalue weighted by atomic mass is 10.1. The maximum atomic E-state index is 12.1. The number of anilines is 1. The molecule has 1 aromatic carbocycles. The van der Waals surface area contributed by atoms with Crippen molar-refractivity contribution in [3.05, 3.63) is 33.9 Å². The van der Waals surface area contributed by atoms with Crippen molar-refractivity contribution in [3.8, 4) is 0 Å². The van der Waals surface area contributed by atoms with Gasteiger partial charge in [0.2, 0.25) is 5.91 Å². The van der Waals surface area contributed by atoms with Gasteiger partial charge in [-0.05, 0) is 38.5 Å². The largest absolute Gasteiger partial charge is 0.392 e. The van der Waals surface area contributed by atoms with Gasteiger partial charge in [0.1, 0.15) is 5.69 Å². The third-order valence-electron chi connectivity index (χ3n) is 3.73. The Bertz CT molecular complexity index is 595. The number of rotatable bonds is 4. The lowest BCUT2D eigenvalue weighted by molar-refractivity contribution is -0.384. The molecule has 1 aliphatic rings. The van der Waals surface area contributed by atoms with E-state index in [2.05, 4.69) is 5.32 Å². The van der Waals surface area contributed by atoms with Gasteiger partial charge in [-0.15, -0.1) is 0 Å². The van der Waals surface area contributed by atoms with Crippen molar-refractivity contribution in [1.29, 1.82) is 0 Å². The molecule has 1 aliphatic heterocycles. The Kier molecular flexibility index (Phi) is 4.37. The SMILES string of the molecule is CC(C)(C)N1CC(Nc2cc(CO)ccc2[N+](=O)[O-])CC1=O. The molecule has 0 spiro atoms. The van der Waals surface area contributed by atoms with Crippen LogP contribution in [0, 0.1) is 10.1 Å². The summed E-state index contributed by atoms with van der Waals surface area (Å²) in [4.78, 5) is 24.5. The van der Waals surface area contributed by atoms with E-state index in [-0.39, 0.29) is 29.8 Å². The van der Waals surface area contributed by atoms with Crippen molar-refractivity contribution < 1.29 is 14.8 Å². The predicted molar refractivity (Wildman–Crippen MR) is 82.5 cm³/mol. The minimum Gasteiger partial charge on any atom is -0.392 e. The third kappa shape index (κ3) is 3.36. The van der Waals surface area contributed by atoms with Gasteiger partial charge in [-0.25, -0.2) is 0 Å². The van der Waals surface area contributed by atoms with Gasteiger partial charge in [0.25, 0.3) is 5.69 Å². The number of benzene rings is 1. The average molecular weight is 307 g/mol. The number of nitrogens with zero attached hydrogens (tertiary/aromatic N) is 2. The molecule has 1 amide bonds. The molecule has 1 fully saturated rings. The summed E-state index contributed by atoms with van der Waals surface area (Å²) in [6.45, 7) is 6.19. The van der Waals surface area contributed by atoms with Gasteiger partial charge in [0.15, 0.2) is 0 Å². The van der Waals surface area contributed by atoms with E-state index in [0.29, 0.717) is 24.2 Å². The minimum absolute atomic E-state index is 0.0333. The molecule has 2 N–H and O–H groups in total. The maximum absolute atomic E-state index is 12.1. The van der Waals surface area contributed by atoms with Crippen LogP contribution in [0.15, 0.2) is 18.2 Å². The van der Waals surface area contributed by atoms with Crippen molar-refractivity contribution in [2.24, 2.45) is 0 Å². The molecular formula is C15H21N3O4. The smallest absolute Gasteiger partial charge is 0.292 e. The Labute approximate surface area is 129 Å².